The zero-order valence-corrected chi connectivity index (χ0v) is 29.0. The molecule has 7 aromatic rings. The number of hydrogen-bond donors (Lipinski definition) is 0. The van der Waals surface area contributed by atoms with Crippen LogP contribution in [0.25, 0.3) is 11.1 Å². The molecule has 1 aliphatic carbocycles. The van der Waals surface area contributed by atoms with Gasteiger partial charge in [-0.05, 0) is 112 Å². The Morgan fingerprint density at radius 1 is 0.480 bits per heavy atom. The van der Waals surface area contributed by atoms with Crippen LogP contribution in [0.1, 0.15) is 58.4 Å². The normalized spacial score (nSPS) is 13.1. The van der Waals surface area contributed by atoms with E-state index in [1.165, 1.54) is 50.1 Å². The van der Waals surface area contributed by atoms with E-state index in [1.807, 2.05) is 12.1 Å². The first-order valence-electron chi connectivity index (χ1n) is 17.4. The Morgan fingerprint density at radius 3 is 1.64 bits per heavy atom. The lowest BCUT2D eigenvalue weighted by atomic mass is 9.67. The summed E-state index contributed by atoms with van der Waals surface area (Å²) in [5.41, 5.74) is 14.6. The number of halogens is 1. The van der Waals surface area contributed by atoms with Crippen molar-refractivity contribution >= 4 is 17.1 Å². The smallest absolute Gasteiger partial charge is 0.123 e. The average Bonchev–Trinajstić information content (AvgIpc) is 3.44. The number of nitrogens with zero attached hydrogens (tertiary/aromatic N) is 1. The van der Waals surface area contributed by atoms with E-state index in [4.69, 9.17) is 0 Å². The maximum absolute atomic E-state index is 14.5. The fourth-order valence-electron chi connectivity index (χ4n) is 8.59. The summed E-state index contributed by atoms with van der Waals surface area (Å²) in [6.07, 6.45) is 0. The lowest BCUT2D eigenvalue weighted by molar-refractivity contribution is 0.628. The Bertz CT molecular complexity index is 2290. The predicted octanol–water partition coefficient (Wildman–Crippen LogP) is 12.6. The number of hydrogen-bond acceptors (Lipinski definition) is 1. The zero-order valence-electron chi connectivity index (χ0n) is 29.0. The lowest BCUT2D eigenvalue weighted by Crippen LogP contribution is -2.30. The van der Waals surface area contributed by atoms with Crippen LogP contribution < -0.4 is 4.90 Å². The highest BCUT2D eigenvalue weighted by atomic mass is 19.1. The van der Waals surface area contributed by atoms with Gasteiger partial charge in [0.15, 0.2) is 0 Å². The fraction of sp³-hybridized carbons (Fsp3) is 0.125. The Hall–Kier alpha value is -5.73. The minimum Gasteiger partial charge on any atom is -0.310 e. The number of rotatable bonds is 7. The van der Waals surface area contributed by atoms with Crippen LogP contribution in [0.3, 0.4) is 0 Å². The van der Waals surface area contributed by atoms with Crippen molar-refractivity contribution in [1.82, 2.24) is 0 Å². The molecule has 8 rings (SSSR count). The first-order valence-corrected chi connectivity index (χ1v) is 17.4. The van der Waals surface area contributed by atoms with E-state index in [9.17, 15) is 4.39 Å². The molecule has 7 aromatic carbocycles. The van der Waals surface area contributed by atoms with E-state index in [0.717, 1.165) is 22.6 Å². The van der Waals surface area contributed by atoms with E-state index < -0.39 is 5.41 Å². The highest BCUT2D eigenvalue weighted by Crippen LogP contribution is 2.58. The molecule has 50 heavy (non-hydrogen) atoms. The summed E-state index contributed by atoms with van der Waals surface area (Å²) >= 11 is 0. The molecule has 0 N–H and O–H groups in total. The largest absolute Gasteiger partial charge is 0.310 e. The van der Waals surface area contributed by atoms with Gasteiger partial charge in [-0.25, -0.2) is 4.39 Å². The van der Waals surface area contributed by atoms with Crippen molar-refractivity contribution in [3.05, 3.63) is 220 Å². The van der Waals surface area contributed by atoms with Crippen LogP contribution >= 0.6 is 0 Å². The Kier molecular flexibility index (Phi) is 7.76. The van der Waals surface area contributed by atoms with E-state index in [1.54, 1.807) is 12.1 Å². The molecule has 0 radical (unpaired) electrons. The quantitative estimate of drug-likeness (QED) is 0.166. The van der Waals surface area contributed by atoms with Gasteiger partial charge >= 0.3 is 0 Å². The first-order chi connectivity index (χ1) is 24.3. The number of aryl methyl sites for hydroxylation is 2. The standard InChI is InChI=1S/C48H40FN/c1-33-16-8-11-21-41(33)47(3,4)42-31-30-38(32-34(42)2)50(37-28-26-36(49)27-29-37)46-25-15-14-24-45(46)48(35-17-6-5-7-18-35)43-22-12-9-19-39(43)40-20-10-13-23-44(40)48/h5-32H,1-4H3. The van der Waals surface area contributed by atoms with Crippen LogP contribution in [0.15, 0.2) is 170 Å². The second-order valence-corrected chi connectivity index (χ2v) is 14.0. The third-order valence-corrected chi connectivity index (χ3v) is 10.8. The maximum atomic E-state index is 14.5. The molecule has 244 valence electrons. The molecule has 0 fully saturated rings. The molecule has 0 spiro atoms. The van der Waals surface area contributed by atoms with Crippen molar-refractivity contribution in [2.45, 2.75) is 38.5 Å². The topological polar surface area (TPSA) is 3.24 Å². The third-order valence-electron chi connectivity index (χ3n) is 10.8. The summed E-state index contributed by atoms with van der Waals surface area (Å²) in [7, 11) is 0. The van der Waals surface area contributed by atoms with Gasteiger partial charge in [-0.1, -0.05) is 141 Å². The fourth-order valence-corrected chi connectivity index (χ4v) is 8.59. The number of para-hydroxylation sites is 1. The first kappa shape index (κ1) is 31.5. The molecular weight excluding hydrogens is 610 g/mol. The van der Waals surface area contributed by atoms with Gasteiger partial charge in [0.25, 0.3) is 0 Å². The van der Waals surface area contributed by atoms with Gasteiger partial charge in [-0.2, -0.15) is 0 Å². The molecule has 0 atom stereocenters. The molecule has 0 amide bonds. The number of anilines is 3. The molecule has 0 heterocycles. The number of fused-ring (bicyclic) bond motifs is 3. The van der Waals surface area contributed by atoms with E-state index in [0.29, 0.717) is 0 Å². The third kappa shape index (κ3) is 4.90. The van der Waals surface area contributed by atoms with E-state index in [2.05, 4.69) is 178 Å². The molecule has 0 aliphatic heterocycles. The van der Waals surface area contributed by atoms with Crippen LogP contribution in [0.5, 0.6) is 0 Å². The van der Waals surface area contributed by atoms with Crippen molar-refractivity contribution in [1.29, 1.82) is 0 Å². The summed E-state index contributed by atoms with van der Waals surface area (Å²) in [5.74, 6) is -0.257. The van der Waals surface area contributed by atoms with E-state index in [-0.39, 0.29) is 11.2 Å². The van der Waals surface area contributed by atoms with Crippen LogP contribution in [0.2, 0.25) is 0 Å². The Balaban J connectivity index is 1.40. The van der Waals surface area contributed by atoms with E-state index >= 15 is 0 Å². The van der Waals surface area contributed by atoms with Crippen LogP contribution in [-0.2, 0) is 10.8 Å². The maximum Gasteiger partial charge on any atom is 0.123 e. The van der Waals surface area contributed by atoms with Gasteiger partial charge in [0.05, 0.1) is 11.1 Å². The van der Waals surface area contributed by atoms with Crippen LogP contribution in [0, 0.1) is 19.7 Å². The van der Waals surface area contributed by atoms with Crippen molar-refractivity contribution in [3.8, 4) is 11.1 Å². The minimum atomic E-state index is -0.592. The highest BCUT2D eigenvalue weighted by molar-refractivity contribution is 5.90. The van der Waals surface area contributed by atoms with Crippen molar-refractivity contribution in [2.24, 2.45) is 0 Å². The predicted molar refractivity (Wildman–Crippen MR) is 206 cm³/mol. The SMILES string of the molecule is Cc1ccccc1C(C)(C)c1ccc(N(c2ccc(F)cc2)c2ccccc2C2(c3ccccc3)c3ccccc3-c3ccccc32)cc1C. The summed E-state index contributed by atoms with van der Waals surface area (Å²) < 4.78 is 14.5. The summed E-state index contributed by atoms with van der Waals surface area (Å²) in [4.78, 5) is 2.31. The molecule has 2 heteroatoms. The molecule has 0 saturated carbocycles. The molecule has 0 bridgehead atoms. The summed E-state index contributed by atoms with van der Waals surface area (Å²) in [6, 6.07) is 59.6. The summed E-state index contributed by atoms with van der Waals surface area (Å²) in [6.45, 7) is 9.02. The lowest BCUT2D eigenvalue weighted by Gasteiger charge is -2.38. The van der Waals surface area contributed by atoms with Crippen LogP contribution in [0.4, 0.5) is 21.5 Å². The number of benzene rings is 7. The molecular formula is C48H40FN. The average molecular weight is 650 g/mol. The second kappa shape index (κ2) is 12.3. The molecule has 1 nitrogen and oxygen atoms in total. The Labute approximate surface area is 295 Å². The Morgan fingerprint density at radius 2 is 1.00 bits per heavy atom. The van der Waals surface area contributed by atoms with Crippen molar-refractivity contribution < 1.29 is 4.39 Å². The molecule has 1 aliphatic rings. The zero-order chi connectivity index (χ0) is 34.5. The van der Waals surface area contributed by atoms with Gasteiger partial charge in [-0.3, -0.25) is 0 Å². The van der Waals surface area contributed by atoms with Gasteiger partial charge in [-0.15, -0.1) is 0 Å². The second-order valence-electron chi connectivity index (χ2n) is 14.0. The monoisotopic (exact) mass is 649 g/mol. The van der Waals surface area contributed by atoms with Gasteiger partial charge < -0.3 is 4.90 Å². The van der Waals surface area contributed by atoms with Crippen molar-refractivity contribution in [3.63, 3.8) is 0 Å². The molecule has 0 saturated heterocycles. The summed E-state index contributed by atoms with van der Waals surface area (Å²) in [5, 5.41) is 0. The van der Waals surface area contributed by atoms with Crippen molar-refractivity contribution in [2.75, 3.05) is 4.90 Å². The molecule has 0 aromatic heterocycles. The van der Waals surface area contributed by atoms with Crippen LogP contribution in [-0.4, -0.2) is 0 Å². The molecule has 0 unspecified atom stereocenters. The van der Waals surface area contributed by atoms with Gasteiger partial charge in [0.1, 0.15) is 5.82 Å². The highest BCUT2D eigenvalue weighted by Gasteiger charge is 2.47. The van der Waals surface area contributed by atoms with Gasteiger partial charge in [0.2, 0.25) is 0 Å². The minimum absolute atomic E-state index is 0.193. The van der Waals surface area contributed by atoms with Gasteiger partial charge in [0, 0.05) is 16.8 Å².